The van der Waals surface area contributed by atoms with E-state index in [4.69, 9.17) is 5.73 Å². The lowest BCUT2D eigenvalue weighted by molar-refractivity contribution is -0.131. The number of hydrogen-bond acceptors (Lipinski definition) is 2. The van der Waals surface area contributed by atoms with E-state index in [0.29, 0.717) is 23.8 Å². The van der Waals surface area contributed by atoms with Gasteiger partial charge in [-0.15, -0.1) is 0 Å². The largest absolute Gasteiger partial charge is 0.345 e. The van der Waals surface area contributed by atoms with Crippen LogP contribution in [0.1, 0.15) is 46.0 Å². The first-order valence-electron chi connectivity index (χ1n) is 6.48. The monoisotopic (exact) mass is 226 g/mol. The fraction of sp³-hybridized carbons (Fsp3) is 0.923. The first-order valence-corrected chi connectivity index (χ1v) is 6.48. The van der Waals surface area contributed by atoms with Crippen LogP contribution in [0.4, 0.5) is 0 Å². The van der Waals surface area contributed by atoms with Crippen LogP contribution in [0.15, 0.2) is 0 Å². The van der Waals surface area contributed by atoms with Gasteiger partial charge in [-0.05, 0) is 37.5 Å². The molecule has 0 aliphatic heterocycles. The summed E-state index contributed by atoms with van der Waals surface area (Å²) in [6.07, 6.45) is 5.15. The molecule has 0 aromatic rings. The number of carbonyl (C=O) groups excluding carboxylic acids is 1. The minimum absolute atomic E-state index is 0.300. The maximum Gasteiger partial charge on any atom is 0.222 e. The second kappa shape index (κ2) is 6.24. The van der Waals surface area contributed by atoms with Crippen LogP contribution in [0.3, 0.4) is 0 Å². The molecule has 1 amide bonds. The van der Waals surface area contributed by atoms with E-state index in [2.05, 4.69) is 13.8 Å². The maximum atomic E-state index is 11.9. The van der Waals surface area contributed by atoms with E-state index in [-0.39, 0.29) is 0 Å². The molecular weight excluding hydrogens is 200 g/mol. The Morgan fingerprint density at radius 1 is 1.31 bits per heavy atom. The Kier molecular flexibility index (Phi) is 5.26. The molecule has 0 spiro atoms. The SMILES string of the molecule is CC(C)CN(C)C(=O)CC1CCC(N)CC1. The van der Waals surface area contributed by atoms with E-state index in [1.54, 1.807) is 0 Å². The number of nitrogens with two attached hydrogens (primary N) is 1. The first kappa shape index (κ1) is 13.5. The zero-order valence-electron chi connectivity index (χ0n) is 10.9. The summed E-state index contributed by atoms with van der Waals surface area (Å²) in [7, 11) is 1.91. The van der Waals surface area contributed by atoms with E-state index in [9.17, 15) is 4.79 Å². The summed E-state index contributed by atoms with van der Waals surface area (Å²) in [5.74, 6) is 1.42. The molecule has 0 bridgehead atoms. The fourth-order valence-corrected chi connectivity index (χ4v) is 2.44. The summed E-state index contributed by atoms with van der Waals surface area (Å²) < 4.78 is 0. The highest BCUT2D eigenvalue weighted by Gasteiger charge is 2.22. The van der Waals surface area contributed by atoms with Crippen molar-refractivity contribution < 1.29 is 4.79 Å². The fourth-order valence-electron chi connectivity index (χ4n) is 2.44. The molecule has 1 rings (SSSR count). The Morgan fingerprint density at radius 3 is 2.38 bits per heavy atom. The molecule has 0 saturated heterocycles. The van der Waals surface area contributed by atoms with Crippen LogP contribution >= 0.6 is 0 Å². The highest BCUT2D eigenvalue weighted by molar-refractivity contribution is 5.76. The molecule has 0 aromatic carbocycles. The van der Waals surface area contributed by atoms with Crippen molar-refractivity contribution >= 4 is 5.91 Å². The van der Waals surface area contributed by atoms with Gasteiger partial charge in [0, 0.05) is 26.1 Å². The number of rotatable bonds is 4. The van der Waals surface area contributed by atoms with Crippen molar-refractivity contribution in [1.29, 1.82) is 0 Å². The van der Waals surface area contributed by atoms with Crippen LogP contribution in [0.5, 0.6) is 0 Å². The van der Waals surface area contributed by atoms with Crippen LogP contribution in [-0.2, 0) is 4.79 Å². The van der Waals surface area contributed by atoms with E-state index >= 15 is 0 Å². The molecule has 2 N–H and O–H groups in total. The second-order valence-electron chi connectivity index (χ2n) is 5.65. The van der Waals surface area contributed by atoms with Crippen molar-refractivity contribution in [1.82, 2.24) is 4.90 Å². The normalized spacial score (nSPS) is 25.8. The zero-order valence-corrected chi connectivity index (χ0v) is 10.9. The topological polar surface area (TPSA) is 46.3 Å². The molecular formula is C13H26N2O. The van der Waals surface area contributed by atoms with Crippen molar-refractivity contribution in [2.45, 2.75) is 52.0 Å². The average Bonchev–Trinajstić information content (AvgIpc) is 2.20. The predicted molar refractivity (Wildman–Crippen MR) is 67.0 cm³/mol. The van der Waals surface area contributed by atoms with Crippen LogP contribution in [0.25, 0.3) is 0 Å². The molecule has 0 unspecified atom stereocenters. The van der Waals surface area contributed by atoms with Gasteiger partial charge in [-0.1, -0.05) is 13.8 Å². The Bertz CT molecular complexity index is 220. The van der Waals surface area contributed by atoms with Gasteiger partial charge in [-0.3, -0.25) is 4.79 Å². The van der Waals surface area contributed by atoms with Crippen molar-refractivity contribution in [2.75, 3.05) is 13.6 Å². The van der Waals surface area contributed by atoms with Crippen LogP contribution in [0.2, 0.25) is 0 Å². The number of hydrogen-bond donors (Lipinski definition) is 1. The molecule has 3 nitrogen and oxygen atoms in total. The van der Waals surface area contributed by atoms with E-state index in [1.165, 1.54) is 0 Å². The van der Waals surface area contributed by atoms with Gasteiger partial charge in [0.15, 0.2) is 0 Å². The highest BCUT2D eigenvalue weighted by atomic mass is 16.2. The van der Waals surface area contributed by atoms with Crippen molar-refractivity contribution in [3.8, 4) is 0 Å². The van der Waals surface area contributed by atoms with Gasteiger partial charge in [-0.25, -0.2) is 0 Å². The molecule has 0 heterocycles. The third kappa shape index (κ3) is 4.52. The van der Waals surface area contributed by atoms with Gasteiger partial charge in [0.05, 0.1) is 0 Å². The molecule has 1 aliphatic rings. The number of nitrogens with zero attached hydrogens (tertiary/aromatic N) is 1. The van der Waals surface area contributed by atoms with Crippen molar-refractivity contribution in [3.05, 3.63) is 0 Å². The van der Waals surface area contributed by atoms with Crippen molar-refractivity contribution in [3.63, 3.8) is 0 Å². The Labute approximate surface area is 99.4 Å². The smallest absolute Gasteiger partial charge is 0.222 e. The molecule has 3 heteroatoms. The van der Waals surface area contributed by atoms with Gasteiger partial charge in [-0.2, -0.15) is 0 Å². The summed E-state index contributed by atoms with van der Waals surface area (Å²) in [6, 6.07) is 0.375. The highest BCUT2D eigenvalue weighted by Crippen LogP contribution is 2.26. The molecule has 0 atom stereocenters. The molecule has 1 aliphatic carbocycles. The molecule has 0 radical (unpaired) electrons. The molecule has 0 aromatic heterocycles. The lowest BCUT2D eigenvalue weighted by Gasteiger charge is -2.27. The minimum Gasteiger partial charge on any atom is -0.345 e. The van der Waals surface area contributed by atoms with Crippen LogP contribution in [0, 0.1) is 11.8 Å². The zero-order chi connectivity index (χ0) is 12.1. The van der Waals surface area contributed by atoms with Gasteiger partial charge in [0.2, 0.25) is 5.91 Å². The van der Waals surface area contributed by atoms with Gasteiger partial charge in [0.25, 0.3) is 0 Å². The average molecular weight is 226 g/mol. The first-order chi connectivity index (χ1) is 7.49. The Morgan fingerprint density at radius 2 is 1.88 bits per heavy atom. The predicted octanol–water partition coefficient (Wildman–Crippen LogP) is 2.01. The van der Waals surface area contributed by atoms with E-state index < -0.39 is 0 Å². The lowest BCUT2D eigenvalue weighted by atomic mass is 9.84. The number of amides is 1. The molecule has 16 heavy (non-hydrogen) atoms. The maximum absolute atomic E-state index is 11.9. The van der Waals surface area contributed by atoms with E-state index in [1.807, 2.05) is 11.9 Å². The standard InChI is InChI=1S/C13H26N2O/c1-10(2)9-15(3)13(16)8-11-4-6-12(14)7-5-11/h10-12H,4-9,14H2,1-3H3. The Hall–Kier alpha value is -0.570. The van der Waals surface area contributed by atoms with Gasteiger partial charge < -0.3 is 10.6 Å². The van der Waals surface area contributed by atoms with Crippen LogP contribution in [-0.4, -0.2) is 30.4 Å². The minimum atomic E-state index is 0.300. The van der Waals surface area contributed by atoms with Gasteiger partial charge in [0.1, 0.15) is 0 Å². The van der Waals surface area contributed by atoms with Gasteiger partial charge >= 0.3 is 0 Å². The Balaban J connectivity index is 2.28. The summed E-state index contributed by atoms with van der Waals surface area (Å²) in [6.45, 7) is 5.15. The van der Waals surface area contributed by atoms with E-state index in [0.717, 1.165) is 38.6 Å². The number of carbonyl (C=O) groups is 1. The molecule has 1 fully saturated rings. The quantitative estimate of drug-likeness (QED) is 0.797. The summed E-state index contributed by atoms with van der Waals surface area (Å²) in [5.41, 5.74) is 5.86. The second-order valence-corrected chi connectivity index (χ2v) is 5.65. The third-order valence-corrected chi connectivity index (χ3v) is 3.42. The summed E-state index contributed by atoms with van der Waals surface area (Å²) in [4.78, 5) is 13.8. The van der Waals surface area contributed by atoms with Crippen LogP contribution < -0.4 is 5.73 Å². The lowest BCUT2D eigenvalue weighted by Crippen LogP contribution is -2.33. The van der Waals surface area contributed by atoms with Crippen molar-refractivity contribution in [2.24, 2.45) is 17.6 Å². The summed E-state index contributed by atoms with van der Waals surface area (Å²) in [5, 5.41) is 0. The third-order valence-electron chi connectivity index (χ3n) is 3.42. The molecule has 94 valence electrons. The summed E-state index contributed by atoms with van der Waals surface area (Å²) >= 11 is 0. The molecule has 1 saturated carbocycles.